The van der Waals surface area contributed by atoms with Gasteiger partial charge in [-0.05, 0) is 29.8 Å². The summed E-state index contributed by atoms with van der Waals surface area (Å²) in [5, 5.41) is 15.6. The van der Waals surface area contributed by atoms with Crippen molar-refractivity contribution in [2.45, 2.75) is 6.42 Å². The molecule has 0 aliphatic heterocycles. The van der Waals surface area contributed by atoms with Gasteiger partial charge in [0.25, 0.3) is 0 Å². The highest BCUT2D eigenvalue weighted by Gasteiger charge is 2.18. The summed E-state index contributed by atoms with van der Waals surface area (Å²) in [6.45, 7) is 0. The van der Waals surface area contributed by atoms with E-state index in [-0.39, 0.29) is 0 Å². The van der Waals surface area contributed by atoms with E-state index in [9.17, 15) is 0 Å². The van der Waals surface area contributed by atoms with Crippen LogP contribution in [0.15, 0.2) is 108 Å². The molecule has 7 aromatic rings. The molecule has 0 spiro atoms. The quantitative estimate of drug-likeness (QED) is 0.265. The minimum Gasteiger partial charge on any atom is -0.454 e. The molecule has 0 N–H and O–H groups in total. The third-order valence-corrected chi connectivity index (χ3v) is 7.06. The third kappa shape index (κ3) is 3.66. The van der Waals surface area contributed by atoms with E-state index in [4.69, 9.17) is 14.5 Å². The Morgan fingerprint density at radius 3 is 2.36 bits per heavy atom. The maximum absolute atomic E-state index is 6.22. The van der Waals surface area contributed by atoms with Crippen molar-refractivity contribution in [3.8, 4) is 33.3 Å². The van der Waals surface area contributed by atoms with Gasteiger partial charge in [0.05, 0.1) is 5.52 Å². The van der Waals surface area contributed by atoms with Crippen LogP contribution in [-0.4, -0.2) is 24.8 Å². The number of para-hydroxylation sites is 1. The maximum Gasteiger partial charge on any atom is 0.234 e. The van der Waals surface area contributed by atoms with Crippen molar-refractivity contribution in [3.63, 3.8) is 0 Å². The second kappa shape index (κ2) is 8.55. The summed E-state index contributed by atoms with van der Waals surface area (Å²) in [7, 11) is 0. The summed E-state index contributed by atoms with van der Waals surface area (Å²) in [5.41, 5.74) is 4.85. The monoisotopic (exact) mass is 485 g/mol. The molecule has 36 heavy (non-hydrogen) atoms. The molecule has 0 unspecified atom stereocenters. The van der Waals surface area contributed by atoms with E-state index in [1.807, 2.05) is 83.4 Å². The minimum absolute atomic E-state index is 0.669. The Bertz CT molecular complexity index is 1820. The molecule has 0 saturated carbocycles. The van der Waals surface area contributed by atoms with E-state index in [1.165, 1.54) is 16.9 Å². The number of hydrogen-bond donors (Lipinski definition) is 0. The summed E-state index contributed by atoms with van der Waals surface area (Å²) >= 11 is 1.52. The highest BCUT2D eigenvalue weighted by atomic mass is 32.1. The highest BCUT2D eigenvalue weighted by molar-refractivity contribution is 7.19. The maximum atomic E-state index is 6.22. The summed E-state index contributed by atoms with van der Waals surface area (Å²) in [6.07, 6.45) is 0.669. The van der Waals surface area contributed by atoms with Gasteiger partial charge in [0.15, 0.2) is 11.6 Å². The fraction of sp³-hybridized carbons (Fsp3) is 0.0345. The van der Waals surface area contributed by atoms with Crippen LogP contribution in [0.1, 0.15) is 11.4 Å². The molecule has 0 amide bonds. The van der Waals surface area contributed by atoms with Crippen LogP contribution in [0.2, 0.25) is 0 Å². The summed E-state index contributed by atoms with van der Waals surface area (Å²) in [6, 6.07) is 34.4. The van der Waals surface area contributed by atoms with Gasteiger partial charge in [-0.25, -0.2) is 4.98 Å². The van der Waals surface area contributed by atoms with Crippen LogP contribution in [0.3, 0.4) is 0 Å². The Kier molecular flexibility index (Phi) is 4.92. The molecule has 0 aliphatic rings. The third-order valence-electron chi connectivity index (χ3n) is 6.12. The number of hydrogen-bond acceptors (Lipinski definition) is 6. The zero-order chi connectivity index (χ0) is 23.9. The van der Waals surface area contributed by atoms with Gasteiger partial charge >= 0.3 is 0 Å². The average molecular weight is 486 g/mol. The lowest BCUT2D eigenvalue weighted by atomic mass is 10.1. The Morgan fingerprint density at radius 1 is 0.750 bits per heavy atom. The molecule has 0 radical (unpaired) electrons. The molecule has 0 saturated heterocycles. The lowest BCUT2D eigenvalue weighted by Crippen LogP contribution is -1.98. The molecule has 0 aliphatic carbocycles. The van der Waals surface area contributed by atoms with Crippen molar-refractivity contribution in [2.75, 3.05) is 0 Å². The first-order chi connectivity index (χ1) is 17.8. The van der Waals surface area contributed by atoms with Crippen LogP contribution in [0.4, 0.5) is 0 Å². The largest absolute Gasteiger partial charge is 0.454 e. The number of nitrogens with zero attached hydrogens (tertiary/aromatic N) is 5. The van der Waals surface area contributed by atoms with Gasteiger partial charge in [-0.15, -0.1) is 10.2 Å². The predicted octanol–water partition coefficient (Wildman–Crippen LogP) is 6.92. The lowest BCUT2D eigenvalue weighted by molar-refractivity contribution is 0.595. The summed E-state index contributed by atoms with van der Waals surface area (Å²) in [4.78, 5) is 5.67. The van der Waals surface area contributed by atoms with Crippen molar-refractivity contribution in [1.82, 2.24) is 24.8 Å². The molecule has 0 fully saturated rings. The zero-order valence-corrected chi connectivity index (χ0v) is 19.9. The number of pyridine rings is 1. The Balaban J connectivity index is 1.33. The van der Waals surface area contributed by atoms with Gasteiger partial charge in [-0.2, -0.15) is 9.61 Å². The number of aromatic nitrogens is 5. The first kappa shape index (κ1) is 20.7. The van der Waals surface area contributed by atoms with Crippen molar-refractivity contribution in [1.29, 1.82) is 0 Å². The normalized spacial score (nSPS) is 11.4. The fourth-order valence-electron chi connectivity index (χ4n) is 4.37. The molecule has 4 heterocycles. The summed E-state index contributed by atoms with van der Waals surface area (Å²) < 4.78 is 8.07. The van der Waals surface area contributed by atoms with Crippen LogP contribution in [0.5, 0.6) is 0 Å². The highest BCUT2D eigenvalue weighted by Crippen LogP contribution is 2.36. The van der Waals surface area contributed by atoms with Gasteiger partial charge in [-0.3, -0.25) is 0 Å². The van der Waals surface area contributed by atoms with Crippen LogP contribution in [0, 0.1) is 0 Å². The zero-order valence-electron chi connectivity index (χ0n) is 19.1. The molecule has 172 valence electrons. The van der Waals surface area contributed by atoms with Crippen LogP contribution in [0.25, 0.3) is 49.2 Å². The van der Waals surface area contributed by atoms with E-state index in [0.717, 1.165) is 49.3 Å². The Labute approximate surface area is 210 Å². The summed E-state index contributed by atoms with van der Waals surface area (Å²) in [5.74, 6) is 2.34. The minimum atomic E-state index is 0.669. The fourth-order valence-corrected chi connectivity index (χ4v) is 5.26. The van der Waals surface area contributed by atoms with Crippen molar-refractivity contribution in [3.05, 3.63) is 115 Å². The Hall–Kier alpha value is -4.62. The van der Waals surface area contributed by atoms with E-state index >= 15 is 0 Å². The first-order valence-electron chi connectivity index (χ1n) is 11.6. The SMILES string of the molecule is c1ccc(Cc2nnc3sc(-c4cc(-c5ccc(-c6ccccc6)o5)nc5ccccc45)nn23)cc1. The van der Waals surface area contributed by atoms with Gasteiger partial charge in [0.2, 0.25) is 4.96 Å². The number of fused-ring (bicyclic) bond motifs is 2. The van der Waals surface area contributed by atoms with Gasteiger partial charge < -0.3 is 4.42 Å². The van der Waals surface area contributed by atoms with E-state index in [2.05, 4.69) is 34.5 Å². The van der Waals surface area contributed by atoms with E-state index in [0.29, 0.717) is 12.2 Å². The van der Waals surface area contributed by atoms with Crippen molar-refractivity contribution >= 4 is 27.2 Å². The predicted molar refractivity (Wildman–Crippen MR) is 142 cm³/mol. The molecular formula is C29H19N5OS. The molecule has 0 atom stereocenters. The van der Waals surface area contributed by atoms with Crippen LogP contribution < -0.4 is 0 Å². The lowest BCUT2D eigenvalue weighted by Gasteiger charge is -2.06. The van der Waals surface area contributed by atoms with Crippen LogP contribution in [-0.2, 0) is 6.42 Å². The van der Waals surface area contributed by atoms with Gasteiger partial charge in [-0.1, -0.05) is 90.2 Å². The number of rotatable bonds is 5. The smallest absolute Gasteiger partial charge is 0.234 e. The Morgan fingerprint density at radius 2 is 1.50 bits per heavy atom. The van der Waals surface area contributed by atoms with E-state index < -0.39 is 0 Å². The molecule has 4 aromatic heterocycles. The second-order valence-corrected chi connectivity index (χ2v) is 9.44. The first-order valence-corrected chi connectivity index (χ1v) is 12.4. The second-order valence-electron chi connectivity index (χ2n) is 8.48. The van der Waals surface area contributed by atoms with Gasteiger partial charge in [0, 0.05) is 22.9 Å². The van der Waals surface area contributed by atoms with E-state index in [1.54, 1.807) is 0 Å². The van der Waals surface area contributed by atoms with Gasteiger partial charge in [0.1, 0.15) is 16.5 Å². The molecule has 7 heteroatoms. The number of benzene rings is 3. The van der Waals surface area contributed by atoms with Crippen molar-refractivity contribution < 1.29 is 4.42 Å². The standard InChI is InChI=1S/C29H19N5OS/c1-3-9-19(10-4-1)17-27-31-32-29-34(27)33-28(36-29)22-18-24(30-23-14-8-7-13-21(22)23)26-16-15-25(35-26)20-11-5-2-6-12-20/h1-16,18H,17H2. The van der Waals surface area contributed by atoms with Crippen molar-refractivity contribution in [2.24, 2.45) is 0 Å². The molecule has 3 aromatic carbocycles. The molecule has 0 bridgehead atoms. The molecule has 7 rings (SSSR count). The topological polar surface area (TPSA) is 69.1 Å². The average Bonchev–Trinajstić information content (AvgIpc) is 3.67. The van der Waals surface area contributed by atoms with Crippen LogP contribution >= 0.6 is 11.3 Å². The molecular weight excluding hydrogens is 466 g/mol. The number of furan rings is 1. The molecule has 6 nitrogen and oxygen atoms in total.